The number of thioether (sulfide) groups is 1. The van der Waals surface area contributed by atoms with Crippen LogP contribution in [0.15, 0.2) is 53.7 Å². The van der Waals surface area contributed by atoms with Gasteiger partial charge in [0.25, 0.3) is 0 Å². The van der Waals surface area contributed by atoms with Crippen molar-refractivity contribution in [3.63, 3.8) is 0 Å². The van der Waals surface area contributed by atoms with Crippen LogP contribution >= 0.6 is 11.8 Å². The molecule has 1 heterocycles. The maximum absolute atomic E-state index is 12.2. The van der Waals surface area contributed by atoms with Gasteiger partial charge < -0.3 is 9.47 Å². The van der Waals surface area contributed by atoms with Gasteiger partial charge in [-0.25, -0.2) is 0 Å². The quantitative estimate of drug-likeness (QED) is 0.437. The summed E-state index contributed by atoms with van der Waals surface area (Å²) < 4.78 is 47.5. The molecule has 11 heteroatoms. The zero-order valence-corrected chi connectivity index (χ0v) is 14.9. The molecule has 144 valence electrons. The zero-order valence-electron chi connectivity index (χ0n) is 14.1. The van der Waals surface area contributed by atoms with Gasteiger partial charge in [-0.15, -0.1) is 18.3 Å². The molecule has 3 rings (SSSR count). The molecule has 2 aromatic carbocycles. The number of benzene rings is 2. The van der Waals surface area contributed by atoms with Crippen LogP contribution in [-0.2, 0) is 0 Å². The molecule has 0 bridgehead atoms. The van der Waals surface area contributed by atoms with E-state index in [0.717, 1.165) is 0 Å². The molecule has 0 fully saturated rings. The molecule has 0 saturated heterocycles. The third-order valence-corrected chi connectivity index (χ3v) is 4.21. The number of rotatable bonds is 7. The Hall–Kier alpha value is -3.26. The van der Waals surface area contributed by atoms with E-state index in [1.807, 2.05) is 6.07 Å². The minimum atomic E-state index is -4.74. The average Bonchev–Trinajstić information content (AvgIpc) is 3.13. The van der Waals surface area contributed by atoms with E-state index in [0.29, 0.717) is 34.5 Å². The molecule has 7 nitrogen and oxygen atoms in total. The van der Waals surface area contributed by atoms with Crippen LogP contribution in [0.1, 0.15) is 5.56 Å². The van der Waals surface area contributed by atoms with Gasteiger partial charge in [-0.1, -0.05) is 11.8 Å². The van der Waals surface area contributed by atoms with E-state index in [2.05, 4.69) is 20.3 Å². The Morgan fingerprint density at radius 2 is 1.71 bits per heavy atom. The lowest BCUT2D eigenvalue weighted by molar-refractivity contribution is -0.274. The predicted molar refractivity (Wildman–Crippen MR) is 93.2 cm³/mol. The standard InChI is InChI=1S/C17H12F3N5O2S/c18-17(19,20)27-15-7-3-13(4-8-15)25-16(22-23-24-25)28-10-9-26-14-5-1-12(11-21)2-6-14/h1-8H,9-10H2. The number of alkyl halides is 3. The Morgan fingerprint density at radius 1 is 1.04 bits per heavy atom. The highest BCUT2D eigenvalue weighted by Crippen LogP contribution is 2.25. The van der Waals surface area contributed by atoms with Crippen molar-refractivity contribution in [2.24, 2.45) is 0 Å². The lowest BCUT2D eigenvalue weighted by Crippen LogP contribution is -2.17. The second-order valence-corrected chi connectivity index (χ2v) is 6.31. The topological polar surface area (TPSA) is 85.9 Å². The molecule has 0 amide bonds. The van der Waals surface area contributed by atoms with Crippen molar-refractivity contribution in [2.45, 2.75) is 11.5 Å². The molecule has 0 atom stereocenters. The molecule has 0 N–H and O–H groups in total. The number of halogens is 3. The molecule has 3 aromatic rings. The Balaban J connectivity index is 1.55. The summed E-state index contributed by atoms with van der Waals surface area (Å²) in [4.78, 5) is 0. The average molecular weight is 407 g/mol. The summed E-state index contributed by atoms with van der Waals surface area (Å²) >= 11 is 1.33. The number of ether oxygens (including phenoxy) is 2. The molecular weight excluding hydrogens is 395 g/mol. The van der Waals surface area contributed by atoms with Crippen molar-refractivity contribution >= 4 is 11.8 Å². The summed E-state index contributed by atoms with van der Waals surface area (Å²) in [6.07, 6.45) is -4.74. The molecule has 28 heavy (non-hydrogen) atoms. The lowest BCUT2D eigenvalue weighted by atomic mass is 10.2. The summed E-state index contributed by atoms with van der Waals surface area (Å²) in [5.41, 5.74) is 1.04. The second kappa shape index (κ2) is 8.62. The van der Waals surface area contributed by atoms with E-state index in [1.165, 1.54) is 40.7 Å². The van der Waals surface area contributed by atoms with Crippen LogP contribution in [0.3, 0.4) is 0 Å². The highest BCUT2D eigenvalue weighted by molar-refractivity contribution is 7.99. The Labute approximate surface area is 161 Å². The molecule has 0 aliphatic carbocycles. The van der Waals surface area contributed by atoms with Gasteiger partial charge in [-0.2, -0.15) is 9.94 Å². The van der Waals surface area contributed by atoms with E-state index in [-0.39, 0.29) is 5.75 Å². The van der Waals surface area contributed by atoms with Crippen LogP contribution in [0.25, 0.3) is 5.69 Å². The highest BCUT2D eigenvalue weighted by atomic mass is 32.2. The summed E-state index contributed by atoms with van der Waals surface area (Å²) in [5.74, 6) is 0.851. The van der Waals surface area contributed by atoms with Gasteiger partial charge in [0.15, 0.2) is 0 Å². The number of nitrogens with zero attached hydrogens (tertiary/aromatic N) is 5. The predicted octanol–water partition coefficient (Wildman–Crippen LogP) is 3.60. The third-order valence-electron chi connectivity index (χ3n) is 3.32. The molecule has 0 aliphatic rings. The SMILES string of the molecule is N#Cc1ccc(OCCSc2nnnn2-c2ccc(OC(F)(F)F)cc2)cc1. The summed E-state index contributed by atoms with van der Waals surface area (Å²) in [6.45, 7) is 0.377. The van der Waals surface area contributed by atoms with E-state index >= 15 is 0 Å². The smallest absolute Gasteiger partial charge is 0.493 e. The molecule has 0 saturated carbocycles. The minimum absolute atomic E-state index is 0.325. The molecular formula is C17H12F3N5O2S. The van der Waals surface area contributed by atoms with Crippen LogP contribution in [0, 0.1) is 11.3 Å². The number of aromatic nitrogens is 4. The van der Waals surface area contributed by atoms with Gasteiger partial charge in [0, 0.05) is 5.75 Å². The van der Waals surface area contributed by atoms with Crippen LogP contribution in [-0.4, -0.2) is 38.9 Å². The van der Waals surface area contributed by atoms with E-state index < -0.39 is 6.36 Å². The first kappa shape index (κ1) is 19.5. The van der Waals surface area contributed by atoms with Gasteiger partial charge in [0.1, 0.15) is 11.5 Å². The van der Waals surface area contributed by atoms with Crippen molar-refractivity contribution in [1.29, 1.82) is 5.26 Å². The normalized spacial score (nSPS) is 11.1. The molecule has 1 aromatic heterocycles. The maximum Gasteiger partial charge on any atom is 0.573 e. The number of nitriles is 1. The van der Waals surface area contributed by atoms with Crippen molar-refractivity contribution < 1.29 is 22.6 Å². The van der Waals surface area contributed by atoms with Crippen LogP contribution < -0.4 is 9.47 Å². The summed E-state index contributed by atoms with van der Waals surface area (Å²) in [6, 6.07) is 14.0. The van der Waals surface area contributed by atoms with Gasteiger partial charge in [0.05, 0.1) is 23.9 Å². The van der Waals surface area contributed by atoms with Gasteiger partial charge >= 0.3 is 6.36 Å². The molecule has 0 spiro atoms. The maximum atomic E-state index is 12.2. The fourth-order valence-corrected chi connectivity index (χ4v) is 2.85. The highest BCUT2D eigenvalue weighted by Gasteiger charge is 2.31. The lowest BCUT2D eigenvalue weighted by Gasteiger charge is -2.09. The largest absolute Gasteiger partial charge is 0.573 e. The summed E-state index contributed by atoms with van der Waals surface area (Å²) in [7, 11) is 0. The molecule has 0 aliphatic heterocycles. The number of tetrazole rings is 1. The van der Waals surface area contributed by atoms with Crippen LogP contribution in [0.4, 0.5) is 13.2 Å². The zero-order chi connectivity index (χ0) is 20.0. The van der Waals surface area contributed by atoms with E-state index in [1.54, 1.807) is 24.3 Å². The molecule has 0 radical (unpaired) electrons. The van der Waals surface area contributed by atoms with Gasteiger partial charge in [0.2, 0.25) is 5.16 Å². The third kappa shape index (κ3) is 5.37. The minimum Gasteiger partial charge on any atom is -0.493 e. The number of hydrogen-bond donors (Lipinski definition) is 0. The van der Waals surface area contributed by atoms with Crippen molar-refractivity contribution in [3.8, 4) is 23.3 Å². The van der Waals surface area contributed by atoms with E-state index in [9.17, 15) is 13.2 Å². The van der Waals surface area contributed by atoms with Crippen molar-refractivity contribution in [3.05, 3.63) is 54.1 Å². The molecule has 0 unspecified atom stereocenters. The van der Waals surface area contributed by atoms with Gasteiger partial charge in [-0.05, 0) is 59.0 Å². The monoisotopic (exact) mass is 407 g/mol. The van der Waals surface area contributed by atoms with Crippen LogP contribution in [0.5, 0.6) is 11.5 Å². The van der Waals surface area contributed by atoms with E-state index in [4.69, 9.17) is 10.00 Å². The Bertz CT molecular complexity index is 953. The van der Waals surface area contributed by atoms with Gasteiger partial charge in [-0.3, -0.25) is 0 Å². The van der Waals surface area contributed by atoms with Crippen LogP contribution in [0.2, 0.25) is 0 Å². The Morgan fingerprint density at radius 3 is 2.36 bits per heavy atom. The van der Waals surface area contributed by atoms with Crippen molar-refractivity contribution in [1.82, 2.24) is 20.2 Å². The summed E-state index contributed by atoms with van der Waals surface area (Å²) in [5, 5.41) is 20.6. The first-order valence-corrected chi connectivity index (χ1v) is 8.83. The fourth-order valence-electron chi connectivity index (χ4n) is 2.14. The second-order valence-electron chi connectivity index (χ2n) is 5.25. The van der Waals surface area contributed by atoms with Crippen molar-refractivity contribution in [2.75, 3.05) is 12.4 Å². The first-order chi connectivity index (χ1) is 13.4. The Kier molecular flexibility index (Phi) is 6.00. The first-order valence-electron chi connectivity index (χ1n) is 7.85. The fraction of sp³-hybridized carbons (Fsp3) is 0.176. The number of hydrogen-bond acceptors (Lipinski definition) is 7.